The number of likely N-dealkylation sites (tertiary alicyclic amines) is 1. The van der Waals surface area contributed by atoms with Crippen molar-refractivity contribution in [1.82, 2.24) is 49.8 Å². The van der Waals surface area contributed by atoms with Gasteiger partial charge in [0.15, 0.2) is 11.6 Å². The average Bonchev–Trinajstić information content (AvgIpc) is 0.847. The van der Waals surface area contributed by atoms with E-state index in [9.17, 15) is 48.3 Å². The van der Waals surface area contributed by atoms with Gasteiger partial charge in [0.1, 0.15) is 36.3 Å². The second-order valence-corrected chi connectivity index (χ2v) is 28.1. The number of aliphatic hydroxyl groups is 1. The predicted molar refractivity (Wildman–Crippen MR) is 363 cm³/mol. The number of aliphatic hydroxyl groups excluding tert-OH is 1. The molecule has 0 unspecified atom stereocenters. The highest BCUT2D eigenvalue weighted by atomic mass is 16.3. The van der Waals surface area contributed by atoms with Gasteiger partial charge in [-0.15, -0.1) is 0 Å². The normalized spacial score (nSPS) is 26.2. The molecule has 0 bridgehead atoms. The number of carbonyl (C=O) groups excluding carboxylic acids is 12. The number of ketones is 2. The fraction of sp³-hybridized carbons (Fsp3) is 0.667. The van der Waals surface area contributed by atoms with E-state index < -0.39 is 162 Å². The van der Waals surface area contributed by atoms with Gasteiger partial charge in [-0.1, -0.05) is 122 Å². The van der Waals surface area contributed by atoms with Crippen molar-refractivity contribution in [3.63, 3.8) is 0 Å². The molecule has 0 saturated carbocycles. The zero-order chi connectivity index (χ0) is 71.5. The van der Waals surface area contributed by atoms with Gasteiger partial charge in [0.25, 0.3) is 0 Å². The third-order valence-electron chi connectivity index (χ3n) is 19.1. The molecule has 2 heterocycles. The second kappa shape index (κ2) is 37.1. The SMILES string of the molecule is CC[C@H](C)[C@H]1C(=O)C[C@@H]([C@@H](C)O)C(=O)N(C)CC(=O)N(C)[C@@H](CC(C)C)C(=O)N[C@H](C(=O)N2CCCCC2)CC(=O)N(C)[C@@H](C)C(=O)C[C@@H](CC(C)C)C(=O)N(C)[C@@H](CC(C)C)C(=O)N(C)[C@@H](Cc2ccccc2)C(=O)N[C@@H](C)C(=O)N(C)[C@@H](Cc2ccccc2)C(=O)N1C. The highest BCUT2D eigenvalue weighted by Gasteiger charge is 2.44. The van der Waals surface area contributed by atoms with E-state index in [4.69, 9.17) is 0 Å². The first-order valence-electron chi connectivity index (χ1n) is 34.1. The molecule has 0 radical (unpaired) electrons. The van der Waals surface area contributed by atoms with E-state index in [1.165, 1.54) is 99.5 Å². The van der Waals surface area contributed by atoms with E-state index in [-0.39, 0.29) is 56.3 Å². The molecule has 528 valence electrons. The molecular formula is C72H112N10O13. The van der Waals surface area contributed by atoms with Gasteiger partial charge in [0.05, 0.1) is 37.1 Å². The smallest absolute Gasteiger partial charge is 0.246 e. The zero-order valence-electron chi connectivity index (χ0n) is 60.0. The summed E-state index contributed by atoms with van der Waals surface area (Å²) in [4.78, 5) is 188. The van der Waals surface area contributed by atoms with Crippen LogP contribution in [0.25, 0.3) is 0 Å². The quantitative estimate of drug-likeness (QED) is 0.224. The molecule has 12 atom stereocenters. The lowest BCUT2D eigenvalue weighted by Gasteiger charge is -2.38. The minimum absolute atomic E-state index is 0.0112. The van der Waals surface area contributed by atoms with Crippen LogP contribution in [-0.4, -0.2) is 238 Å². The van der Waals surface area contributed by atoms with Gasteiger partial charge in [-0.3, -0.25) is 57.5 Å². The standard InChI is InChI=1S/C72H112N10O13/c1-19-47(8)64-61(85)41-54(50(11)83)69(92)75(12)43-63(87)77(14)56(36-45(4)5)66(89)74-55(70(93)82-33-27-22-28-34-82)42-62(86)76(13)49(10)60(84)40-53(35-44(2)3)68(91)80(17)58(37-46(6)7)71(94)78(15)57(38-51-29-23-20-24-30-51)65(88)73-48(9)67(90)79(16)59(72(95)81(64)18)39-52-31-25-21-26-32-52/h20-21,23-26,29-32,44-50,53-59,64,83H,19,22,27-28,33-43H2,1-18H3,(H,73,88)(H,74,89)/t47-,48-,49-,50+,53+,54-,55-,56-,57-,58-,59-,64-/m0/s1. The maximum atomic E-state index is 15.3. The minimum atomic E-state index is -1.43. The number of Topliss-reactive ketones (excluding diaryl/α,β-unsaturated/α-hetero) is 2. The van der Waals surface area contributed by atoms with E-state index >= 15 is 14.4 Å². The van der Waals surface area contributed by atoms with Crippen molar-refractivity contribution in [2.24, 2.45) is 35.5 Å². The Morgan fingerprint density at radius 2 is 0.989 bits per heavy atom. The van der Waals surface area contributed by atoms with Crippen molar-refractivity contribution in [3.05, 3.63) is 71.8 Å². The topological polar surface area (TPSA) is 275 Å². The summed E-state index contributed by atoms with van der Waals surface area (Å²) in [6.07, 6.45) is 0.222. The van der Waals surface area contributed by atoms with Crippen molar-refractivity contribution >= 4 is 70.6 Å². The van der Waals surface area contributed by atoms with Gasteiger partial charge < -0.3 is 54.9 Å². The summed E-state index contributed by atoms with van der Waals surface area (Å²) in [5.41, 5.74) is 1.35. The molecule has 3 N–H and O–H groups in total. The Labute approximate surface area is 564 Å². The summed E-state index contributed by atoms with van der Waals surface area (Å²) in [6, 6.07) is 7.97. The van der Waals surface area contributed by atoms with Crippen LogP contribution in [-0.2, 0) is 70.4 Å². The number of nitrogens with zero attached hydrogens (tertiary/aromatic N) is 8. The molecule has 2 saturated heterocycles. The lowest BCUT2D eigenvalue weighted by molar-refractivity contribution is -0.152. The number of hydrogen-bond donors (Lipinski definition) is 3. The molecule has 2 aliphatic heterocycles. The second-order valence-electron chi connectivity index (χ2n) is 28.1. The van der Waals surface area contributed by atoms with E-state index in [1.807, 2.05) is 48.5 Å². The number of benzene rings is 2. The van der Waals surface area contributed by atoms with Crippen LogP contribution in [0.15, 0.2) is 60.7 Å². The molecular weight excluding hydrogens is 1210 g/mol. The molecule has 95 heavy (non-hydrogen) atoms. The summed E-state index contributed by atoms with van der Waals surface area (Å²) in [6.45, 7) is 19.4. The Kier molecular flexibility index (Phi) is 31.2. The van der Waals surface area contributed by atoms with Crippen molar-refractivity contribution in [3.8, 4) is 0 Å². The van der Waals surface area contributed by atoms with Crippen molar-refractivity contribution in [2.45, 2.75) is 208 Å². The van der Waals surface area contributed by atoms with E-state index in [0.29, 0.717) is 43.5 Å². The highest BCUT2D eigenvalue weighted by Crippen LogP contribution is 2.28. The molecule has 2 aromatic rings. The summed E-state index contributed by atoms with van der Waals surface area (Å²) in [5, 5.41) is 16.9. The molecule has 0 aliphatic carbocycles. The number of nitrogens with one attached hydrogen (secondary N) is 2. The Morgan fingerprint density at radius 1 is 0.505 bits per heavy atom. The fourth-order valence-corrected chi connectivity index (χ4v) is 12.9. The van der Waals surface area contributed by atoms with Gasteiger partial charge in [-0.25, -0.2) is 0 Å². The number of piperidine rings is 1. The third-order valence-corrected chi connectivity index (χ3v) is 19.1. The molecule has 0 spiro atoms. The Hall–Kier alpha value is -7.56. The maximum Gasteiger partial charge on any atom is 0.246 e. The van der Waals surface area contributed by atoms with Crippen molar-refractivity contribution < 1.29 is 62.6 Å². The summed E-state index contributed by atoms with van der Waals surface area (Å²) >= 11 is 0. The van der Waals surface area contributed by atoms with Crippen LogP contribution in [0, 0.1) is 35.5 Å². The van der Waals surface area contributed by atoms with Crippen LogP contribution in [0.5, 0.6) is 0 Å². The fourth-order valence-electron chi connectivity index (χ4n) is 12.9. The van der Waals surface area contributed by atoms with Crippen molar-refractivity contribution in [2.75, 3.05) is 69.0 Å². The molecule has 0 aromatic heterocycles. The summed E-state index contributed by atoms with van der Waals surface area (Å²) < 4.78 is 0. The molecule has 10 amide bonds. The third kappa shape index (κ3) is 22.2. The average molecular weight is 1330 g/mol. The predicted octanol–water partition coefficient (Wildman–Crippen LogP) is 5.03. The zero-order valence-corrected chi connectivity index (χ0v) is 60.0. The van der Waals surface area contributed by atoms with Crippen LogP contribution >= 0.6 is 0 Å². The van der Waals surface area contributed by atoms with E-state index in [2.05, 4.69) is 10.6 Å². The largest absolute Gasteiger partial charge is 0.393 e. The number of carbonyl (C=O) groups is 12. The van der Waals surface area contributed by atoms with E-state index in [1.54, 1.807) is 72.5 Å². The van der Waals surface area contributed by atoms with E-state index in [0.717, 1.165) is 11.3 Å². The summed E-state index contributed by atoms with van der Waals surface area (Å²) in [5.74, 6) is -10.9. The van der Waals surface area contributed by atoms with Crippen molar-refractivity contribution in [1.29, 1.82) is 0 Å². The van der Waals surface area contributed by atoms with Crippen LogP contribution in [0.1, 0.15) is 151 Å². The number of rotatable bonds is 14. The van der Waals surface area contributed by atoms with Gasteiger partial charge in [0, 0.05) is 94.0 Å². The van der Waals surface area contributed by atoms with Crippen LogP contribution in [0.3, 0.4) is 0 Å². The first-order chi connectivity index (χ1) is 44.5. The minimum Gasteiger partial charge on any atom is -0.393 e. The van der Waals surface area contributed by atoms with Gasteiger partial charge >= 0.3 is 0 Å². The van der Waals surface area contributed by atoms with Crippen LogP contribution in [0.2, 0.25) is 0 Å². The van der Waals surface area contributed by atoms with Gasteiger partial charge in [-0.2, -0.15) is 0 Å². The Morgan fingerprint density at radius 3 is 1.51 bits per heavy atom. The molecule has 4 rings (SSSR count). The number of amides is 10. The first-order valence-corrected chi connectivity index (χ1v) is 34.1. The van der Waals surface area contributed by atoms with Crippen LogP contribution in [0.4, 0.5) is 0 Å². The van der Waals surface area contributed by atoms with Gasteiger partial charge in [0.2, 0.25) is 59.1 Å². The highest BCUT2D eigenvalue weighted by molar-refractivity contribution is 6.00. The summed E-state index contributed by atoms with van der Waals surface area (Å²) in [7, 11) is 9.98. The molecule has 2 fully saturated rings. The first kappa shape index (κ1) is 79.9. The lowest BCUT2D eigenvalue weighted by Crippen LogP contribution is -2.60. The molecule has 2 aliphatic rings. The Bertz CT molecular complexity index is 2960. The number of hydrogen-bond acceptors (Lipinski definition) is 13. The monoisotopic (exact) mass is 1320 g/mol. The molecule has 23 heteroatoms. The maximum absolute atomic E-state index is 15.3. The number of likely N-dealkylation sites (N-methyl/N-ethyl adjacent to an activating group) is 7. The molecule has 23 nitrogen and oxygen atoms in total. The lowest BCUT2D eigenvalue weighted by atomic mass is 9.86. The van der Waals surface area contributed by atoms with Crippen LogP contribution < -0.4 is 10.6 Å². The Balaban J connectivity index is 1.93. The van der Waals surface area contributed by atoms with Gasteiger partial charge in [-0.05, 0) is 94.1 Å². The molecule has 2 aromatic carbocycles.